The van der Waals surface area contributed by atoms with Gasteiger partial charge in [0, 0.05) is 17.4 Å². The summed E-state index contributed by atoms with van der Waals surface area (Å²) in [4.78, 5) is 19.1. The fourth-order valence-corrected chi connectivity index (χ4v) is 4.15. The van der Waals surface area contributed by atoms with E-state index < -0.39 is 0 Å². The number of methoxy groups -OCH3 is 1. The predicted molar refractivity (Wildman–Crippen MR) is 138 cm³/mol. The molecule has 4 rings (SSSR count). The molecule has 0 fully saturated rings. The maximum Gasteiger partial charge on any atom is 0.239 e. The molecule has 9 heteroatoms. The summed E-state index contributed by atoms with van der Waals surface area (Å²) < 4.78 is 8.86. The average Bonchev–Trinajstić information content (AvgIpc) is 3.51. The monoisotopic (exact) mass is 483 g/mol. The van der Waals surface area contributed by atoms with Crippen molar-refractivity contribution in [2.24, 2.45) is 0 Å². The highest BCUT2D eigenvalue weighted by atomic mass is 16.5. The zero-order valence-corrected chi connectivity index (χ0v) is 21.1. The van der Waals surface area contributed by atoms with E-state index in [0.29, 0.717) is 11.4 Å². The van der Waals surface area contributed by atoms with Crippen LogP contribution in [0.15, 0.2) is 61.2 Å². The van der Waals surface area contributed by atoms with E-state index in [-0.39, 0.29) is 18.5 Å². The van der Waals surface area contributed by atoms with Crippen LogP contribution in [0, 0.1) is 25.2 Å². The van der Waals surface area contributed by atoms with Crippen molar-refractivity contribution in [2.45, 2.75) is 26.8 Å². The van der Waals surface area contributed by atoms with E-state index in [0.717, 1.165) is 33.9 Å². The first-order valence-electron chi connectivity index (χ1n) is 11.6. The Labute approximate surface area is 210 Å². The van der Waals surface area contributed by atoms with Crippen molar-refractivity contribution in [2.75, 3.05) is 26.0 Å². The minimum atomic E-state index is -0.202. The number of likely N-dealkylation sites (N-methyl/N-ethyl adjacent to an activating group) is 1. The topological polar surface area (TPSA) is 101 Å². The van der Waals surface area contributed by atoms with E-state index in [1.807, 2.05) is 85.8 Å². The smallest absolute Gasteiger partial charge is 0.239 e. The van der Waals surface area contributed by atoms with Gasteiger partial charge in [-0.25, -0.2) is 9.67 Å². The zero-order valence-electron chi connectivity index (χ0n) is 21.1. The molecule has 0 saturated heterocycles. The van der Waals surface area contributed by atoms with Crippen molar-refractivity contribution in [3.63, 3.8) is 0 Å². The van der Waals surface area contributed by atoms with Gasteiger partial charge < -0.3 is 10.1 Å². The van der Waals surface area contributed by atoms with Gasteiger partial charge in [-0.2, -0.15) is 10.4 Å². The van der Waals surface area contributed by atoms with E-state index >= 15 is 0 Å². The quantitative estimate of drug-likeness (QED) is 0.403. The number of hydrogen-bond donors (Lipinski definition) is 1. The second kappa shape index (κ2) is 10.5. The number of benzene rings is 2. The summed E-state index contributed by atoms with van der Waals surface area (Å²) in [6, 6.07) is 17.7. The second-order valence-corrected chi connectivity index (χ2v) is 8.65. The summed E-state index contributed by atoms with van der Waals surface area (Å²) in [6.45, 7) is 6.03. The SMILES string of the molecule is COc1ccc(-n2c(C)c(C)c(C#N)c2NC(=O)CN(C)C(C)c2ccc(-n3cncn3)cc2)cc1. The first-order chi connectivity index (χ1) is 17.3. The second-order valence-electron chi connectivity index (χ2n) is 8.65. The molecule has 0 aliphatic carbocycles. The van der Waals surface area contributed by atoms with Crippen molar-refractivity contribution in [1.29, 1.82) is 5.26 Å². The number of hydrogen-bond acceptors (Lipinski definition) is 6. The van der Waals surface area contributed by atoms with Gasteiger partial charge in [0.25, 0.3) is 0 Å². The van der Waals surface area contributed by atoms with Crippen LogP contribution in [-0.2, 0) is 4.79 Å². The molecule has 0 saturated carbocycles. The lowest BCUT2D eigenvalue weighted by Crippen LogP contribution is -2.32. The molecule has 0 spiro atoms. The first kappa shape index (κ1) is 24.7. The van der Waals surface area contributed by atoms with E-state index in [4.69, 9.17) is 4.74 Å². The van der Waals surface area contributed by atoms with Crippen LogP contribution in [0.3, 0.4) is 0 Å². The molecule has 184 valence electrons. The third-order valence-electron chi connectivity index (χ3n) is 6.53. The lowest BCUT2D eigenvalue weighted by molar-refractivity contribution is -0.117. The van der Waals surface area contributed by atoms with Crippen molar-refractivity contribution in [1.82, 2.24) is 24.2 Å². The highest BCUT2D eigenvalue weighted by Gasteiger charge is 2.22. The summed E-state index contributed by atoms with van der Waals surface area (Å²) in [7, 11) is 3.52. The number of anilines is 1. The Morgan fingerprint density at radius 3 is 2.39 bits per heavy atom. The fraction of sp³-hybridized carbons (Fsp3) is 0.259. The predicted octanol–water partition coefficient (Wildman–Crippen LogP) is 4.19. The lowest BCUT2D eigenvalue weighted by atomic mass is 10.1. The minimum absolute atomic E-state index is 0.00664. The Kier molecular flexibility index (Phi) is 7.17. The molecule has 2 aromatic heterocycles. The van der Waals surface area contributed by atoms with Gasteiger partial charge in [-0.3, -0.25) is 14.3 Å². The molecule has 1 atom stereocenters. The van der Waals surface area contributed by atoms with Gasteiger partial charge in [0.05, 0.1) is 24.9 Å². The molecule has 0 radical (unpaired) electrons. The molecule has 1 unspecified atom stereocenters. The van der Waals surface area contributed by atoms with Crippen LogP contribution in [0.1, 0.15) is 35.3 Å². The third kappa shape index (κ3) is 4.85. The van der Waals surface area contributed by atoms with Gasteiger partial charge in [0.1, 0.15) is 30.3 Å². The minimum Gasteiger partial charge on any atom is -0.497 e. The van der Waals surface area contributed by atoms with Crippen LogP contribution in [0.25, 0.3) is 11.4 Å². The molecule has 0 aliphatic heterocycles. The van der Waals surface area contributed by atoms with Gasteiger partial charge >= 0.3 is 0 Å². The number of rotatable bonds is 8. The molecular weight excluding hydrogens is 454 g/mol. The highest BCUT2D eigenvalue weighted by molar-refractivity contribution is 5.93. The third-order valence-corrected chi connectivity index (χ3v) is 6.53. The first-order valence-corrected chi connectivity index (χ1v) is 11.6. The molecule has 4 aromatic rings. The van der Waals surface area contributed by atoms with Crippen LogP contribution in [0.5, 0.6) is 5.75 Å². The number of carbonyl (C=O) groups is 1. The number of amides is 1. The van der Waals surface area contributed by atoms with Crippen LogP contribution in [0.4, 0.5) is 5.82 Å². The van der Waals surface area contributed by atoms with Crippen molar-refractivity contribution in [3.05, 3.63) is 83.6 Å². The molecule has 9 nitrogen and oxygen atoms in total. The van der Waals surface area contributed by atoms with Crippen LogP contribution in [-0.4, -0.2) is 50.8 Å². The number of aromatic nitrogens is 4. The van der Waals surface area contributed by atoms with Crippen LogP contribution < -0.4 is 10.1 Å². The normalized spacial score (nSPS) is 11.8. The van der Waals surface area contributed by atoms with Crippen LogP contribution in [0.2, 0.25) is 0 Å². The Morgan fingerprint density at radius 2 is 1.81 bits per heavy atom. The van der Waals surface area contributed by atoms with Crippen LogP contribution >= 0.6 is 0 Å². The van der Waals surface area contributed by atoms with Gasteiger partial charge in [0.2, 0.25) is 5.91 Å². The van der Waals surface area contributed by atoms with E-state index in [9.17, 15) is 10.1 Å². The van der Waals surface area contributed by atoms with Gasteiger partial charge in [-0.15, -0.1) is 0 Å². The molecule has 2 heterocycles. The van der Waals surface area contributed by atoms with E-state index in [1.165, 1.54) is 6.33 Å². The molecule has 0 bridgehead atoms. The van der Waals surface area contributed by atoms with Crippen molar-refractivity contribution >= 4 is 11.7 Å². The fourth-order valence-electron chi connectivity index (χ4n) is 4.15. The maximum atomic E-state index is 13.1. The Balaban J connectivity index is 1.52. The highest BCUT2D eigenvalue weighted by Crippen LogP contribution is 2.31. The molecule has 1 amide bonds. The number of ether oxygens (including phenoxy) is 1. The van der Waals surface area contributed by atoms with E-state index in [2.05, 4.69) is 21.5 Å². The van der Waals surface area contributed by atoms with Crippen molar-refractivity contribution < 1.29 is 9.53 Å². The standard InChI is InChI=1S/C27H29N7O2/c1-18-19(2)34(23-10-12-24(36-5)13-11-23)27(25(18)14-28)31-26(35)15-32(4)20(3)21-6-8-22(9-7-21)33-17-29-16-30-33/h6-13,16-17,20H,15H2,1-5H3,(H,31,35). The molecule has 0 aliphatic rings. The van der Waals surface area contributed by atoms with Crippen molar-refractivity contribution in [3.8, 4) is 23.2 Å². The largest absolute Gasteiger partial charge is 0.497 e. The van der Waals surface area contributed by atoms with Gasteiger partial charge in [-0.05, 0) is 75.3 Å². The summed E-state index contributed by atoms with van der Waals surface area (Å²) in [5.41, 5.74) is 5.00. The molecule has 2 aromatic carbocycles. The zero-order chi connectivity index (χ0) is 25.8. The van der Waals surface area contributed by atoms with E-state index in [1.54, 1.807) is 18.1 Å². The summed E-state index contributed by atoms with van der Waals surface area (Å²) in [5.74, 6) is 1.00. The average molecular weight is 484 g/mol. The Bertz CT molecular complexity index is 1380. The number of carbonyl (C=O) groups excluding carboxylic acids is 1. The summed E-state index contributed by atoms with van der Waals surface area (Å²) in [5, 5.41) is 17.0. The summed E-state index contributed by atoms with van der Waals surface area (Å²) in [6.07, 6.45) is 3.14. The molecule has 1 N–H and O–H groups in total. The Hall–Kier alpha value is -4.42. The number of nitrogens with zero attached hydrogens (tertiary/aromatic N) is 6. The Morgan fingerprint density at radius 1 is 1.14 bits per heavy atom. The lowest BCUT2D eigenvalue weighted by Gasteiger charge is -2.25. The van der Waals surface area contributed by atoms with Gasteiger partial charge in [-0.1, -0.05) is 12.1 Å². The molecular formula is C27H29N7O2. The summed E-state index contributed by atoms with van der Waals surface area (Å²) >= 11 is 0. The van der Waals surface area contributed by atoms with Gasteiger partial charge in [0.15, 0.2) is 0 Å². The maximum absolute atomic E-state index is 13.1. The number of nitriles is 1. The number of nitrogens with one attached hydrogen (secondary N) is 1. The molecule has 36 heavy (non-hydrogen) atoms.